The van der Waals surface area contributed by atoms with E-state index in [9.17, 15) is 4.39 Å². The lowest BCUT2D eigenvalue weighted by Crippen LogP contribution is -1.94. The Kier molecular flexibility index (Phi) is 7.63. The summed E-state index contributed by atoms with van der Waals surface area (Å²) in [5, 5.41) is 3.02. The molecule has 0 atom stereocenters. The molecule has 3 aromatic carbocycles. The topological polar surface area (TPSA) is 12.4 Å². The molecule has 1 nitrogen and oxygen atoms in total. The van der Waals surface area contributed by atoms with Crippen molar-refractivity contribution in [2.75, 3.05) is 6.26 Å². The van der Waals surface area contributed by atoms with Gasteiger partial charge in [-0.2, -0.15) is 0 Å². The lowest BCUT2D eigenvalue weighted by molar-refractivity contribution is 0.626. The predicted molar refractivity (Wildman–Crippen MR) is 120 cm³/mol. The Morgan fingerprint density at radius 2 is 1.44 bits per heavy atom. The molecular formula is C22H18FNS3. The van der Waals surface area contributed by atoms with Crippen molar-refractivity contribution in [1.29, 1.82) is 0 Å². The number of hydrogen-bond acceptors (Lipinski definition) is 4. The molecule has 0 amide bonds. The number of thioether (sulfide) groups is 3. The molecule has 0 heterocycles. The summed E-state index contributed by atoms with van der Waals surface area (Å²) in [7, 11) is 0. The first-order valence-corrected chi connectivity index (χ1v) is 11.2. The Morgan fingerprint density at radius 3 is 2.07 bits per heavy atom. The zero-order valence-electron chi connectivity index (χ0n) is 14.7. The van der Waals surface area contributed by atoms with Gasteiger partial charge in [-0.1, -0.05) is 59.9 Å². The maximum Gasteiger partial charge on any atom is 0.123 e. The summed E-state index contributed by atoms with van der Waals surface area (Å²) in [6.07, 6.45) is 2.04. The minimum atomic E-state index is -0.223. The molecule has 0 fully saturated rings. The molecule has 0 saturated heterocycles. The monoisotopic (exact) mass is 411 g/mol. The lowest BCUT2D eigenvalue weighted by atomic mass is 10.3. The Bertz CT molecular complexity index is 907. The number of rotatable bonds is 6. The second kappa shape index (κ2) is 10.4. The van der Waals surface area contributed by atoms with Gasteiger partial charge in [0.2, 0.25) is 0 Å². The van der Waals surface area contributed by atoms with Crippen molar-refractivity contribution in [3.05, 3.63) is 101 Å². The summed E-state index contributed by atoms with van der Waals surface area (Å²) in [4.78, 5) is 8.07. The lowest BCUT2D eigenvalue weighted by Gasteiger charge is -2.09. The smallest absolute Gasteiger partial charge is 0.123 e. The van der Waals surface area contributed by atoms with Crippen LogP contribution >= 0.6 is 35.3 Å². The molecule has 0 bridgehead atoms. The van der Waals surface area contributed by atoms with Gasteiger partial charge in [0, 0.05) is 14.7 Å². The molecule has 0 radical (unpaired) electrons. The fourth-order valence-corrected chi connectivity index (χ4v) is 4.84. The number of nitrogens with zero attached hydrogens (tertiary/aromatic N) is 1. The van der Waals surface area contributed by atoms with Gasteiger partial charge in [0.25, 0.3) is 0 Å². The number of aliphatic imine (C=N–C) groups is 1. The molecule has 0 spiro atoms. The maximum atomic E-state index is 13.1. The van der Waals surface area contributed by atoms with Gasteiger partial charge in [-0.05, 0) is 60.2 Å². The first kappa shape index (κ1) is 19.8. The average molecular weight is 412 g/mol. The Labute approximate surface area is 172 Å². The molecule has 136 valence electrons. The van der Waals surface area contributed by atoms with Crippen LogP contribution in [0.5, 0.6) is 0 Å². The van der Waals surface area contributed by atoms with E-state index >= 15 is 0 Å². The first-order valence-electron chi connectivity index (χ1n) is 8.28. The number of para-hydroxylation sites is 1. The summed E-state index contributed by atoms with van der Waals surface area (Å²) in [5.74, 6) is -0.223. The molecule has 5 heteroatoms. The normalized spacial score (nSPS) is 12.2. The minimum absolute atomic E-state index is 0.223. The Balaban J connectivity index is 1.90. The maximum absolute atomic E-state index is 13.1. The largest absolute Gasteiger partial charge is 0.241 e. The third-order valence-electron chi connectivity index (χ3n) is 3.49. The van der Waals surface area contributed by atoms with Gasteiger partial charge in [0.1, 0.15) is 10.9 Å². The van der Waals surface area contributed by atoms with E-state index in [2.05, 4.69) is 17.5 Å². The van der Waals surface area contributed by atoms with Crippen LogP contribution in [0.15, 0.2) is 110 Å². The van der Waals surface area contributed by atoms with Crippen molar-refractivity contribution < 1.29 is 4.39 Å². The quantitative estimate of drug-likeness (QED) is 0.235. The van der Waals surface area contributed by atoms with Crippen LogP contribution in [0.25, 0.3) is 0 Å². The van der Waals surface area contributed by atoms with E-state index in [1.807, 2.05) is 54.8 Å². The van der Waals surface area contributed by atoms with Gasteiger partial charge in [0.15, 0.2) is 0 Å². The van der Waals surface area contributed by atoms with Crippen LogP contribution in [0, 0.1) is 5.82 Å². The molecule has 3 aromatic rings. The molecule has 0 unspecified atom stereocenters. The zero-order chi connectivity index (χ0) is 18.9. The summed E-state index contributed by atoms with van der Waals surface area (Å²) in [6.45, 7) is 0. The number of halogens is 1. The predicted octanol–water partition coefficient (Wildman–Crippen LogP) is 7.64. The van der Waals surface area contributed by atoms with Crippen LogP contribution in [-0.2, 0) is 0 Å². The van der Waals surface area contributed by atoms with Crippen molar-refractivity contribution >= 4 is 46.0 Å². The highest BCUT2D eigenvalue weighted by molar-refractivity contribution is 8.18. The summed E-state index contributed by atoms with van der Waals surface area (Å²) in [6, 6.07) is 26.7. The molecule has 0 aliphatic rings. The highest BCUT2D eigenvalue weighted by atomic mass is 32.2. The van der Waals surface area contributed by atoms with Gasteiger partial charge in [-0.15, -0.1) is 11.8 Å². The Hall–Kier alpha value is -1.95. The van der Waals surface area contributed by atoms with Crippen LogP contribution in [0.3, 0.4) is 0 Å². The zero-order valence-corrected chi connectivity index (χ0v) is 17.2. The SMILES string of the molecule is CSC(=C\Sc1ccc(F)cc1)/C(=N/c1ccccc1)Sc1ccccc1. The molecule has 0 aliphatic heterocycles. The van der Waals surface area contributed by atoms with E-state index in [1.54, 1.807) is 47.4 Å². The molecule has 0 aromatic heterocycles. The fraction of sp³-hybridized carbons (Fsp3) is 0.0455. The van der Waals surface area contributed by atoms with Crippen LogP contribution in [-0.4, -0.2) is 11.3 Å². The van der Waals surface area contributed by atoms with Crippen LogP contribution in [0.1, 0.15) is 0 Å². The third-order valence-corrected chi connectivity index (χ3v) is 6.43. The average Bonchev–Trinajstić information content (AvgIpc) is 2.71. The first-order chi connectivity index (χ1) is 13.2. The summed E-state index contributed by atoms with van der Waals surface area (Å²) < 4.78 is 13.1. The standard InChI is InChI=1S/C22H18FNS3/c1-25-21(16-26-19-14-12-17(23)13-15-19)22(24-18-8-4-2-5-9-18)27-20-10-6-3-7-11-20/h2-16H,1H3/b21-16-,24-22-. The van der Waals surface area contributed by atoms with E-state index in [4.69, 9.17) is 4.99 Å². The van der Waals surface area contributed by atoms with Gasteiger partial charge in [-0.3, -0.25) is 0 Å². The van der Waals surface area contributed by atoms with E-state index in [0.717, 1.165) is 25.4 Å². The molecule has 0 N–H and O–H groups in total. The molecule has 27 heavy (non-hydrogen) atoms. The van der Waals surface area contributed by atoms with E-state index in [1.165, 1.54) is 12.1 Å². The number of benzene rings is 3. The summed E-state index contributed by atoms with van der Waals surface area (Å²) in [5.41, 5.74) is 0.919. The van der Waals surface area contributed by atoms with E-state index in [0.29, 0.717) is 0 Å². The van der Waals surface area contributed by atoms with Crippen LogP contribution in [0.4, 0.5) is 10.1 Å². The van der Waals surface area contributed by atoms with Gasteiger partial charge in [-0.25, -0.2) is 9.38 Å². The second-order valence-corrected chi connectivity index (χ2v) is 8.28. The Morgan fingerprint density at radius 1 is 0.815 bits per heavy atom. The van der Waals surface area contributed by atoms with E-state index in [-0.39, 0.29) is 5.82 Å². The highest BCUT2D eigenvalue weighted by Gasteiger charge is 2.10. The van der Waals surface area contributed by atoms with Gasteiger partial charge < -0.3 is 0 Å². The van der Waals surface area contributed by atoms with Crippen molar-refractivity contribution in [1.82, 2.24) is 0 Å². The van der Waals surface area contributed by atoms with Crippen molar-refractivity contribution in [3.63, 3.8) is 0 Å². The molecule has 3 rings (SSSR count). The third kappa shape index (κ3) is 6.31. The highest BCUT2D eigenvalue weighted by Crippen LogP contribution is 2.33. The van der Waals surface area contributed by atoms with Crippen molar-refractivity contribution in [2.45, 2.75) is 9.79 Å². The second-order valence-electron chi connectivity index (χ2n) is 5.43. The van der Waals surface area contributed by atoms with Crippen molar-refractivity contribution in [2.24, 2.45) is 4.99 Å². The molecule has 0 aliphatic carbocycles. The summed E-state index contributed by atoms with van der Waals surface area (Å²) >= 11 is 4.86. The fourth-order valence-electron chi connectivity index (χ4n) is 2.17. The van der Waals surface area contributed by atoms with Crippen LogP contribution in [0.2, 0.25) is 0 Å². The molecular weight excluding hydrogens is 393 g/mol. The van der Waals surface area contributed by atoms with E-state index < -0.39 is 0 Å². The number of hydrogen-bond donors (Lipinski definition) is 0. The van der Waals surface area contributed by atoms with Crippen LogP contribution < -0.4 is 0 Å². The van der Waals surface area contributed by atoms with Gasteiger partial charge in [0.05, 0.1) is 5.69 Å². The molecule has 0 saturated carbocycles. The van der Waals surface area contributed by atoms with Crippen molar-refractivity contribution in [3.8, 4) is 0 Å². The van der Waals surface area contributed by atoms with Gasteiger partial charge >= 0.3 is 0 Å². The minimum Gasteiger partial charge on any atom is -0.241 e.